The maximum Gasteiger partial charge on any atom is 0.316 e. The second kappa shape index (κ2) is 8.20. The molecule has 0 bridgehead atoms. The molecule has 0 spiro atoms. The van der Waals surface area contributed by atoms with Crippen molar-refractivity contribution in [2.45, 2.75) is 31.4 Å². The number of urea groups is 1. The smallest absolute Gasteiger partial charge is 0.316 e. The van der Waals surface area contributed by atoms with Crippen LogP contribution in [0.4, 0.5) is 10.5 Å². The predicted molar refractivity (Wildman–Crippen MR) is 110 cm³/mol. The van der Waals surface area contributed by atoms with E-state index in [1.54, 1.807) is 6.07 Å². The van der Waals surface area contributed by atoms with Crippen LogP contribution in [0.1, 0.15) is 30.1 Å². The number of hydrogen-bond donors (Lipinski definition) is 3. The number of hydrogen-bond acceptors (Lipinski definition) is 4. The molecule has 2 aromatic rings. The highest BCUT2D eigenvalue weighted by Gasteiger charge is 2.39. The van der Waals surface area contributed by atoms with Gasteiger partial charge in [-0.2, -0.15) is 0 Å². The maximum atomic E-state index is 11.2. The average molecular weight is 380 g/mol. The third-order valence-corrected chi connectivity index (χ3v) is 5.96. The number of piperidine rings is 1. The topological polar surface area (TPSA) is 93.6 Å². The van der Waals surface area contributed by atoms with Crippen LogP contribution in [0.5, 0.6) is 5.75 Å². The van der Waals surface area contributed by atoms with Crippen molar-refractivity contribution < 1.29 is 9.53 Å². The monoisotopic (exact) mass is 380 g/mol. The zero-order valence-corrected chi connectivity index (χ0v) is 16.0. The number of nitrogens with zero attached hydrogens (tertiary/aromatic N) is 1. The highest BCUT2D eigenvalue weighted by atomic mass is 16.5. The molecule has 1 aliphatic carbocycles. The minimum Gasteiger partial charge on any atom is -0.484 e. The van der Waals surface area contributed by atoms with Crippen molar-refractivity contribution in [3.63, 3.8) is 0 Å². The second-order valence-corrected chi connectivity index (χ2v) is 7.74. The van der Waals surface area contributed by atoms with Crippen LogP contribution < -0.4 is 21.5 Å². The Morgan fingerprint density at radius 2 is 1.93 bits per heavy atom. The Balaban J connectivity index is 1.56. The summed E-state index contributed by atoms with van der Waals surface area (Å²) in [6.07, 6.45) is 3.25. The lowest BCUT2D eigenvalue weighted by atomic mass is 9.95. The Morgan fingerprint density at radius 1 is 1.14 bits per heavy atom. The van der Waals surface area contributed by atoms with Crippen LogP contribution in [-0.4, -0.2) is 36.6 Å². The molecule has 0 radical (unpaired) electrons. The molecule has 0 aromatic heterocycles. The molecular formula is C22H28N4O2. The lowest BCUT2D eigenvalue weighted by Crippen LogP contribution is -2.45. The molecule has 6 nitrogen and oxygen atoms in total. The van der Waals surface area contributed by atoms with Gasteiger partial charge in [0.2, 0.25) is 0 Å². The number of ether oxygens (including phenoxy) is 1. The molecule has 6 heteroatoms. The maximum absolute atomic E-state index is 11.2. The number of anilines is 1. The van der Waals surface area contributed by atoms with E-state index in [0.29, 0.717) is 17.6 Å². The first-order valence-electron chi connectivity index (χ1n) is 9.99. The first-order chi connectivity index (χ1) is 13.6. The van der Waals surface area contributed by atoms with Crippen molar-refractivity contribution in [2.75, 3.05) is 25.0 Å². The molecule has 148 valence electrons. The largest absolute Gasteiger partial charge is 0.484 e. The molecule has 1 heterocycles. The number of fused-ring (bicyclic) bond motifs is 1. The lowest BCUT2D eigenvalue weighted by molar-refractivity contribution is 0.0539. The van der Waals surface area contributed by atoms with E-state index >= 15 is 0 Å². The average Bonchev–Trinajstić information content (AvgIpc) is 3.06. The molecular weight excluding hydrogens is 352 g/mol. The Labute approximate surface area is 165 Å². The highest BCUT2D eigenvalue weighted by Crippen LogP contribution is 2.39. The molecule has 2 aliphatic rings. The Bertz CT molecular complexity index is 833. The lowest BCUT2D eigenvalue weighted by Gasteiger charge is -2.38. The summed E-state index contributed by atoms with van der Waals surface area (Å²) < 4.78 is 6.48. The van der Waals surface area contributed by atoms with Gasteiger partial charge in [0.1, 0.15) is 11.9 Å². The standard InChI is InChI=1S/C22H28N4O2/c23-14-15-8-10-26(11-9-15)20-12-16-4-1-2-7-19(16)21(20)28-18-6-3-5-17(13-18)25-22(24)27/h1-7,13,15,20-21H,8-12,14,23H2,(H3,24,25,27)/t20-,21-/m1/s1. The normalized spacial score (nSPS) is 22.6. The van der Waals surface area contributed by atoms with Crippen LogP contribution in [0.15, 0.2) is 48.5 Å². The number of benzene rings is 2. The van der Waals surface area contributed by atoms with Gasteiger partial charge in [-0.3, -0.25) is 4.90 Å². The van der Waals surface area contributed by atoms with E-state index in [1.807, 2.05) is 18.2 Å². The summed E-state index contributed by atoms with van der Waals surface area (Å²) in [5.41, 5.74) is 14.3. The number of nitrogens with one attached hydrogen (secondary N) is 1. The number of carbonyl (C=O) groups excluding carboxylic acids is 1. The first kappa shape index (κ1) is 18.8. The molecule has 0 saturated carbocycles. The quantitative estimate of drug-likeness (QED) is 0.743. The minimum atomic E-state index is -0.580. The summed E-state index contributed by atoms with van der Waals surface area (Å²) in [5, 5.41) is 2.61. The predicted octanol–water partition coefficient (Wildman–Crippen LogP) is 2.89. The van der Waals surface area contributed by atoms with Gasteiger partial charge in [0.25, 0.3) is 0 Å². The third-order valence-electron chi connectivity index (χ3n) is 5.96. The van der Waals surface area contributed by atoms with Gasteiger partial charge in [-0.25, -0.2) is 4.79 Å². The number of amides is 2. The van der Waals surface area contributed by atoms with Gasteiger partial charge >= 0.3 is 6.03 Å². The molecule has 5 N–H and O–H groups in total. The van der Waals surface area contributed by atoms with E-state index in [-0.39, 0.29) is 6.10 Å². The van der Waals surface area contributed by atoms with E-state index in [1.165, 1.54) is 11.1 Å². The fourth-order valence-electron chi connectivity index (χ4n) is 4.46. The Hall–Kier alpha value is -2.57. The van der Waals surface area contributed by atoms with Gasteiger partial charge in [0.05, 0.1) is 6.04 Å². The summed E-state index contributed by atoms with van der Waals surface area (Å²) >= 11 is 0. The Morgan fingerprint density at radius 3 is 2.68 bits per heavy atom. The van der Waals surface area contributed by atoms with Crippen LogP contribution >= 0.6 is 0 Å². The van der Waals surface area contributed by atoms with Gasteiger partial charge in [0.15, 0.2) is 0 Å². The third kappa shape index (κ3) is 3.98. The van der Waals surface area contributed by atoms with Gasteiger partial charge in [-0.1, -0.05) is 30.3 Å². The van der Waals surface area contributed by atoms with E-state index in [4.69, 9.17) is 16.2 Å². The molecule has 1 aliphatic heterocycles. The SMILES string of the molecule is NCC1CCN([C@@H]2Cc3ccccc3[C@H]2Oc2cccc(NC(N)=O)c2)CC1. The van der Waals surface area contributed by atoms with Gasteiger partial charge in [-0.15, -0.1) is 0 Å². The van der Waals surface area contributed by atoms with Crippen molar-refractivity contribution in [3.05, 3.63) is 59.7 Å². The molecule has 2 atom stereocenters. The summed E-state index contributed by atoms with van der Waals surface area (Å²) in [4.78, 5) is 13.7. The molecule has 4 rings (SSSR count). The fraction of sp³-hybridized carbons (Fsp3) is 0.409. The summed E-state index contributed by atoms with van der Waals surface area (Å²) in [7, 11) is 0. The van der Waals surface area contributed by atoms with Crippen molar-refractivity contribution in [2.24, 2.45) is 17.4 Å². The number of nitrogens with two attached hydrogens (primary N) is 2. The number of primary amides is 1. The molecule has 28 heavy (non-hydrogen) atoms. The second-order valence-electron chi connectivity index (χ2n) is 7.74. The zero-order chi connectivity index (χ0) is 19.5. The van der Waals surface area contributed by atoms with E-state index in [2.05, 4.69) is 34.5 Å². The van der Waals surface area contributed by atoms with Crippen molar-refractivity contribution in [3.8, 4) is 5.75 Å². The van der Waals surface area contributed by atoms with Crippen LogP contribution in [0.25, 0.3) is 0 Å². The van der Waals surface area contributed by atoms with Crippen LogP contribution in [0, 0.1) is 5.92 Å². The molecule has 1 fully saturated rings. The zero-order valence-electron chi connectivity index (χ0n) is 16.0. The van der Waals surface area contributed by atoms with Gasteiger partial charge in [0, 0.05) is 11.8 Å². The van der Waals surface area contributed by atoms with E-state index < -0.39 is 6.03 Å². The molecule has 2 aromatic carbocycles. The van der Waals surface area contributed by atoms with Gasteiger partial charge in [-0.05, 0) is 68.1 Å². The molecule has 2 amide bonds. The van der Waals surface area contributed by atoms with Crippen molar-refractivity contribution in [1.29, 1.82) is 0 Å². The van der Waals surface area contributed by atoms with Crippen molar-refractivity contribution in [1.82, 2.24) is 4.90 Å². The van der Waals surface area contributed by atoms with Crippen LogP contribution in [-0.2, 0) is 6.42 Å². The van der Waals surface area contributed by atoms with Crippen LogP contribution in [0.2, 0.25) is 0 Å². The first-order valence-corrected chi connectivity index (χ1v) is 9.99. The number of rotatable bonds is 5. The summed E-state index contributed by atoms with van der Waals surface area (Å²) in [5.74, 6) is 1.37. The molecule has 0 unspecified atom stereocenters. The van der Waals surface area contributed by atoms with E-state index in [0.717, 1.165) is 44.6 Å². The van der Waals surface area contributed by atoms with Crippen molar-refractivity contribution >= 4 is 11.7 Å². The van der Waals surface area contributed by atoms with Gasteiger partial charge < -0.3 is 21.5 Å². The number of carbonyl (C=O) groups is 1. The minimum absolute atomic E-state index is 0.0329. The fourth-order valence-corrected chi connectivity index (χ4v) is 4.46. The molecule has 1 saturated heterocycles. The highest BCUT2D eigenvalue weighted by molar-refractivity contribution is 5.87. The Kier molecular flexibility index (Phi) is 5.50. The van der Waals surface area contributed by atoms with E-state index in [9.17, 15) is 4.79 Å². The number of likely N-dealkylation sites (tertiary alicyclic amines) is 1. The summed E-state index contributed by atoms with van der Waals surface area (Å²) in [6, 6.07) is 15.7. The summed E-state index contributed by atoms with van der Waals surface area (Å²) in [6.45, 7) is 2.89. The van der Waals surface area contributed by atoms with Crippen LogP contribution in [0.3, 0.4) is 0 Å².